The summed E-state index contributed by atoms with van der Waals surface area (Å²) in [7, 11) is 0. The Balaban J connectivity index is 1.62. The van der Waals surface area contributed by atoms with Gasteiger partial charge in [0.25, 0.3) is 0 Å². The van der Waals surface area contributed by atoms with Crippen LogP contribution in [0.3, 0.4) is 0 Å². The minimum absolute atomic E-state index is 0.300. The van der Waals surface area contributed by atoms with Gasteiger partial charge in [0.2, 0.25) is 0 Å². The Morgan fingerprint density at radius 1 is 0.800 bits per heavy atom. The summed E-state index contributed by atoms with van der Waals surface area (Å²) >= 11 is 6.05. The second kappa shape index (κ2) is 7.57. The Kier molecular flexibility index (Phi) is 4.61. The molecule has 0 bridgehead atoms. The van der Waals surface area contributed by atoms with Crippen LogP contribution in [0.1, 0.15) is 0 Å². The van der Waals surface area contributed by atoms with Gasteiger partial charge in [-0.1, -0.05) is 41.9 Å². The van der Waals surface area contributed by atoms with Crippen LogP contribution >= 0.6 is 11.6 Å². The summed E-state index contributed by atoms with van der Waals surface area (Å²) in [6.45, 7) is 0. The van der Waals surface area contributed by atoms with E-state index in [0.717, 1.165) is 16.8 Å². The van der Waals surface area contributed by atoms with Crippen molar-refractivity contribution in [2.75, 3.05) is 0 Å². The fourth-order valence-electron chi connectivity index (χ4n) is 3.19. The second-order valence-electron chi connectivity index (χ2n) is 6.68. The van der Waals surface area contributed by atoms with Crippen LogP contribution in [0.5, 0.6) is 0 Å². The SMILES string of the molecule is Fc1ccc(-c2nc(-c3nc(-c4ccccc4)n[nH]3)cn2-c2ccc(Cl)cc2)cc1. The van der Waals surface area contributed by atoms with E-state index in [4.69, 9.17) is 16.6 Å². The third-order valence-electron chi connectivity index (χ3n) is 4.67. The molecule has 7 heteroatoms. The summed E-state index contributed by atoms with van der Waals surface area (Å²) in [4.78, 5) is 9.36. The number of imidazole rings is 1. The maximum absolute atomic E-state index is 13.4. The van der Waals surface area contributed by atoms with Crippen LogP contribution in [0.25, 0.3) is 40.0 Å². The summed E-state index contributed by atoms with van der Waals surface area (Å²) in [6.07, 6.45) is 1.87. The standard InChI is InChI=1S/C23H15ClFN5/c24-17-8-12-19(13-9-17)30-14-20(26-23(30)16-6-10-18(25)11-7-16)22-27-21(28-29-22)15-4-2-1-3-5-15/h1-14H,(H,27,28,29). The van der Waals surface area contributed by atoms with Gasteiger partial charge in [-0.05, 0) is 48.5 Å². The van der Waals surface area contributed by atoms with Crippen LogP contribution in [0.2, 0.25) is 5.02 Å². The van der Waals surface area contributed by atoms with Crippen molar-refractivity contribution in [2.45, 2.75) is 0 Å². The average molecular weight is 416 g/mol. The number of rotatable bonds is 4. The predicted octanol–water partition coefficient (Wildman–Crippen LogP) is 5.78. The Hall–Kier alpha value is -3.77. The zero-order valence-electron chi connectivity index (χ0n) is 15.6. The van der Waals surface area contributed by atoms with Gasteiger partial charge in [-0.15, -0.1) is 0 Å². The van der Waals surface area contributed by atoms with E-state index in [-0.39, 0.29) is 5.82 Å². The zero-order chi connectivity index (χ0) is 20.5. The predicted molar refractivity (Wildman–Crippen MR) is 115 cm³/mol. The van der Waals surface area contributed by atoms with Crippen LogP contribution in [-0.2, 0) is 0 Å². The molecular formula is C23H15ClFN5. The minimum atomic E-state index is -0.300. The first-order valence-corrected chi connectivity index (χ1v) is 9.65. The second-order valence-corrected chi connectivity index (χ2v) is 7.11. The first-order valence-electron chi connectivity index (χ1n) is 9.27. The highest BCUT2D eigenvalue weighted by Crippen LogP contribution is 2.28. The van der Waals surface area contributed by atoms with Crippen LogP contribution in [0, 0.1) is 5.82 Å². The molecule has 1 N–H and O–H groups in total. The molecule has 30 heavy (non-hydrogen) atoms. The fourth-order valence-corrected chi connectivity index (χ4v) is 3.31. The molecule has 0 fully saturated rings. The monoisotopic (exact) mass is 415 g/mol. The number of H-pyrrole nitrogens is 1. The highest BCUT2D eigenvalue weighted by Gasteiger charge is 2.16. The van der Waals surface area contributed by atoms with E-state index >= 15 is 0 Å². The Morgan fingerprint density at radius 3 is 2.27 bits per heavy atom. The van der Waals surface area contributed by atoms with Crippen molar-refractivity contribution in [2.24, 2.45) is 0 Å². The number of hydrogen-bond donors (Lipinski definition) is 1. The molecule has 0 spiro atoms. The van der Waals surface area contributed by atoms with Crippen molar-refractivity contribution in [3.8, 4) is 40.0 Å². The smallest absolute Gasteiger partial charge is 0.181 e. The highest BCUT2D eigenvalue weighted by molar-refractivity contribution is 6.30. The Morgan fingerprint density at radius 2 is 1.53 bits per heavy atom. The molecule has 0 aliphatic heterocycles. The van der Waals surface area contributed by atoms with E-state index < -0.39 is 0 Å². The number of benzene rings is 3. The molecule has 5 rings (SSSR count). The third kappa shape index (κ3) is 3.49. The van der Waals surface area contributed by atoms with Crippen molar-refractivity contribution in [1.29, 1.82) is 0 Å². The van der Waals surface area contributed by atoms with Crippen molar-refractivity contribution in [3.05, 3.63) is 95.9 Å². The minimum Gasteiger partial charge on any atom is -0.299 e. The van der Waals surface area contributed by atoms with E-state index in [1.807, 2.05) is 65.4 Å². The van der Waals surface area contributed by atoms with Gasteiger partial charge in [-0.25, -0.2) is 14.4 Å². The number of aromatic nitrogens is 5. The van der Waals surface area contributed by atoms with Crippen LogP contribution < -0.4 is 0 Å². The van der Waals surface area contributed by atoms with E-state index in [0.29, 0.717) is 28.2 Å². The number of hydrogen-bond acceptors (Lipinski definition) is 3. The van der Waals surface area contributed by atoms with Crippen LogP contribution in [0.4, 0.5) is 4.39 Å². The Labute approximate surface area is 176 Å². The lowest BCUT2D eigenvalue weighted by atomic mass is 10.2. The summed E-state index contributed by atoms with van der Waals surface area (Å²) in [5.41, 5.74) is 3.19. The molecule has 0 aliphatic rings. The average Bonchev–Trinajstić information content (AvgIpc) is 3.43. The zero-order valence-corrected chi connectivity index (χ0v) is 16.4. The molecule has 0 aliphatic carbocycles. The van der Waals surface area contributed by atoms with E-state index in [9.17, 15) is 4.39 Å². The molecule has 2 aromatic heterocycles. The molecule has 0 saturated carbocycles. The molecule has 3 aromatic carbocycles. The first-order chi connectivity index (χ1) is 14.7. The Bertz CT molecular complexity index is 1230. The maximum atomic E-state index is 13.4. The van der Waals surface area contributed by atoms with Crippen LogP contribution in [-0.4, -0.2) is 24.7 Å². The number of nitrogens with zero attached hydrogens (tertiary/aromatic N) is 4. The highest BCUT2D eigenvalue weighted by atomic mass is 35.5. The maximum Gasteiger partial charge on any atom is 0.181 e. The van der Waals surface area contributed by atoms with Gasteiger partial charge in [0, 0.05) is 28.0 Å². The van der Waals surface area contributed by atoms with Gasteiger partial charge in [-0.2, -0.15) is 5.10 Å². The van der Waals surface area contributed by atoms with E-state index in [1.54, 1.807) is 12.1 Å². The largest absolute Gasteiger partial charge is 0.299 e. The summed E-state index contributed by atoms with van der Waals surface area (Å²) in [5.74, 6) is 1.50. The lowest BCUT2D eigenvalue weighted by Gasteiger charge is -2.08. The quantitative estimate of drug-likeness (QED) is 0.404. The van der Waals surface area contributed by atoms with Gasteiger partial charge in [0.1, 0.15) is 17.3 Å². The van der Waals surface area contributed by atoms with Gasteiger partial charge in [0.05, 0.1) is 0 Å². The summed E-state index contributed by atoms with van der Waals surface area (Å²) in [6, 6.07) is 23.4. The lowest BCUT2D eigenvalue weighted by Crippen LogP contribution is -1.96. The van der Waals surface area contributed by atoms with Crippen molar-refractivity contribution < 1.29 is 4.39 Å². The molecule has 0 amide bonds. The number of nitrogens with one attached hydrogen (secondary N) is 1. The molecule has 146 valence electrons. The van der Waals surface area contributed by atoms with Crippen molar-refractivity contribution >= 4 is 11.6 Å². The summed E-state index contributed by atoms with van der Waals surface area (Å²) < 4.78 is 15.4. The first kappa shape index (κ1) is 18.3. The van der Waals surface area contributed by atoms with Crippen molar-refractivity contribution in [1.82, 2.24) is 24.7 Å². The molecule has 5 aromatic rings. The van der Waals surface area contributed by atoms with E-state index in [1.165, 1.54) is 12.1 Å². The topological polar surface area (TPSA) is 59.4 Å². The normalized spacial score (nSPS) is 11.0. The molecule has 2 heterocycles. The molecule has 0 unspecified atom stereocenters. The summed E-state index contributed by atoms with van der Waals surface area (Å²) in [5, 5.41) is 7.93. The molecule has 5 nitrogen and oxygen atoms in total. The number of aromatic amines is 1. The molecular weight excluding hydrogens is 401 g/mol. The fraction of sp³-hybridized carbons (Fsp3) is 0. The molecule has 0 atom stereocenters. The van der Waals surface area contributed by atoms with Gasteiger partial charge in [-0.3, -0.25) is 9.67 Å². The van der Waals surface area contributed by atoms with Gasteiger partial charge in [0.15, 0.2) is 11.6 Å². The van der Waals surface area contributed by atoms with Gasteiger partial charge < -0.3 is 0 Å². The van der Waals surface area contributed by atoms with E-state index in [2.05, 4.69) is 15.2 Å². The number of halogens is 2. The van der Waals surface area contributed by atoms with Gasteiger partial charge >= 0.3 is 0 Å². The van der Waals surface area contributed by atoms with Crippen molar-refractivity contribution in [3.63, 3.8) is 0 Å². The van der Waals surface area contributed by atoms with Crippen LogP contribution in [0.15, 0.2) is 85.1 Å². The molecule has 0 saturated heterocycles. The third-order valence-corrected chi connectivity index (χ3v) is 4.93. The lowest BCUT2D eigenvalue weighted by molar-refractivity contribution is 0.628. The molecule has 0 radical (unpaired) electrons.